The number of halogens is 3. The lowest BCUT2D eigenvalue weighted by molar-refractivity contribution is -0.141. The van der Waals surface area contributed by atoms with Crippen LogP contribution in [0.3, 0.4) is 0 Å². The van der Waals surface area contributed by atoms with Crippen molar-refractivity contribution in [3.05, 3.63) is 41.9 Å². The van der Waals surface area contributed by atoms with E-state index in [0.717, 1.165) is 11.6 Å². The number of aromatic nitrogens is 3. The summed E-state index contributed by atoms with van der Waals surface area (Å²) in [5, 5.41) is 4.13. The number of pyridine rings is 1. The summed E-state index contributed by atoms with van der Waals surface area (Å²) in [5.74, 6) is 0.304. The molecule has 0 N–H and O–H groups in total. The topological polar surface area (TPSA) is 43.2 Å². The molecule has 3 rings (SSSR count). The predicted octanol–water partition coefficient (Wildman–Crippen LogP) is 2.59. The molecule has 2 aromatic heterocycles. The van der Waals surface area contributed by atoms with E-state index in [9.17, 15) is 13.2 Å². The summed E-state index contributed by atoms with van der Waals surface area (Å²) in [4.78, 5) is 5.57. The summed E-state index contributed by atoms with van der Waals surface area (Å²) in [6.07, 6.45) is -0.888. The number of rotatable bonds is 2. The molecule has 1 unspecified atom stereocenters. The van der Waals surface area contributed by atoms with Crippen molar-refractivity contribution in [2.24, 2.45) is 7.05 Å². The number of nitrogens with zero attached hydrogens (tertiary/aromatic N) is 4. The third-order valence-corrected chi connectivity index (χ3v) is 3.94. The first-order valence-corrected chi connectivity index (χ1v) is 7.20. The quantitative estimate of drug-likeness (QED) is 0.851. The van der Waals surface area contributed by atoms with Gasteiger partial charge in [-0.05, 0) is 19.1 Å². The van der Waals surface area contributed by atoms with Crippen LogP contribution >= 0.6 is 0 Å². The number of anilines is 1. The molecule has 0 spiro atoms. The molecular formula is C15H17F3N4O. The Hall–Kier alpha value is -2.09. The summed E-state index contributed by atoms with van der Waals surface area (Å²) < 4.78 is 46.1. The Morgan fingerprint density at radius 1 is 1.30 bits per heavy atom. The molecule has 1 atom stereocenters. The van der Waals surface area contributed by atoms with Crippen LogP contribution in [0.15, 0.2) is 30.6 Å². The van der Waals surface area contributed by atoms with Crippen LogP contribution in [0, 0.1) is 0 Å². The maximum absolute atomic E-state index is 12.8. The first kappa shape index (κ1) is 15.8. The van der Waals surface area contributed by atoms with E-state index in [4.69, 9.17) is 4.74 Å². The van der Waals surface area contributed by atoms with Crippen molar-refractivity contribution in [1.82, 2.24) is 14.8 Å². The van der Waals surface area contributed by atoms with Gasteiger partial charge in [0.25, 0.3) is 0 Å². The smallest absolute Gasteiger partial charge is 0.367 e. The molecule has 23 heavy (non-hydrogen) atoms. The van der Waals surface area contributed by atoms with Crippen molar-refractivity contribution in [2.75, 3.05) is 24.6 Å². The van der Waals surface area contributed by atoms with E-state index >= 15 is 0 Å². The van der Waals surface area contributed by atoms with Gasteiger partial charge in [-0.25, -0.2) is 4.98 Å². The highest BCUT2D eigenvalue weighted by molar-refractivity contribution is 5.41. The van der Waals surface area contributed by atoms with Crippen LogP contribution in [0.5, 0.6) is 0 Å². The van der Waals surface area contributed by atoms with Crippen LogP contribution in [0.2, 0.25) is 0 Å². The van der Waals surface area contributed by atoms with Crippen LogP contribution in [-0.2, 0) is 23.6 Å². The maximum atomic E-state index is 12.8. The zero-order valence-electron chi connectivity index (χ0n) is 12.8. The molecule has 1 aliphatic heterocycles. The highest BCUT2D eigenvalue weighted by Gasteiger charge is 2.37. The molecule has 5 nitrogen and oxygen atoms in total. The van der Waals surface area contributed by atoms with Crippen molar-refractivity contribution < 1.29 is 17.9 Å². The fraction of sp³-hybridized carbons (Fsp3) is 0.467. The molecule has 0 aliphatic carbocycles. The Morgan fingerprint density at radius 2 is 2.09 bits per heavy atom. The molecule has 8 heteroatoms. The number of aryl methyl sites for hydroxylation is 1. The lowest BCUT2D eigenvalue weighted by Gasteiger charge is -2.40. The highest BCUT2D eigenvalue weighted by atomic mass is 19.4. The molecular weight excluding hydrogens is 309 g/mol. The number of ether oxygens (including phenoxy) is 1. The van der Waals surface area contributed by atoms with E-state index in [1.165, 1.54) is 6.07 Å². The van der Waals surface area contributed by atoms with E-state index in [0.29, 0.717) is 25.5 Å². The maximum Gasteiger partial charge on any atom is 0.433 e. The number of alkyl halides is 3. The molecule has 2 aromatic rings. The van der Waals surface area contributed by atoms with Gasteiger partial charge in [-0.3, -0.25) is 4.68 Å². The molecule has 1 aliphatic rings. The van der Waals surface area contributed by atoms with Crippen molar-refractivity contribution in [3.8, 4) is 0 Å². The fourth-order valence-electron chi connectivity index (χ4n) is 2.69. The first-order valence-electron chi connectivity index (χ1n) is 7.20. The van der Waals surface area contributed by atoms with Crippen molar-refractivity contribution in [1.29, 1.82) is 0 Å². The zero-order chi connectivity index (χ0) is 16.7. The second-order valence-electron chi connectivity index (χ2n) is 5.78. The summed E-state index contributed by atoms with van der Waals surface area (Å²) in [6.45, 7) is 3.21. The lowest BCUT2D eigenvalue weighted by atomic mass is 9.97. The van der Waals surface area contributed by atoms with E-state index in [1.54, 1.807) is 16.9 Å². The highest BCUT2D eigenvalue weighted by Crippen LogP contribution is 2.33. The Labute approximate surface area is 131 Å². The minimum Gasteiger partial charge on any atom is -0.367 e. The van der Waals surface area contributed by atoms with E-state index in [-0.39, 0.29) is 0 Å². The third kappa shape index (κ3) is 3.17. The minimum absolute atomic E-state index is 0.304. The summed E-state index contributed by atoms with van der Waals surface area (Å²) in [5.41, 5.74) is -0.635. The zero-order valence-corrected chi connectivity index (χ0v) is 12.8. The van der Waals surface area contributed by atoms with Crippen LogP contribution in [-0.4, -0.2) is 34.5 Å². The Bertz CT molecular complexity index is 700. The van der Waals surface area contributed by atoms with Gasteiger partial charge in [-0.1, -0.05) is 6.07 Å². The molecule has 0 radical (unpaired) electrons. The molecule has 0 amide bonds. The van der Waals surface area contributed by atoms with Gasteiger partial charge in [0.2, 0.25) is 0 Å². The molecule has 0 bridgehead atoms. The fourth-order valence-corrected chi connectivity index (χ4v) is 2.69. The lowest BCUT2D eigenvalue weighted by Crippen LogP contribution is -2.48. The Kier molecular flexibility index (Phi) is 3.79. The summed E-state index contributed by atoms with van der Waals surface area (Å²) in [6, 6.07) is 3.94. The summed E-state index contributed by atoms with van der Waals surface area (Å²) >= 11 is 0. The predicted molar refractivity (Wildman–Crippen MR) is 78.0 cm³/mol. The Morgan fingerprint density at radius 3 is 2.74 bits per heavy atom. The number of hydrogen-bond acceptors (Lipinski definition) is 4. The van der Waals surface area contributed by atoms with Gasteiger partial charge < -0.3 is 9.64 Å². The van der Waals surface area contributed by atoms with Crippen LogP contribution in [0.1, 0.15) is 18.2 Å². The van der Waals surface area contributed by atoms with Gasteiger partial charge >= 0.3 is 6.18 Å². The van der Waals surface area contributed by atoms with Crippen molar-refractivity contribution in [3.63, 3.8) is 0 Å². The van der Waals surface area contributed by atoms with E-state index in [1.807, 2.05) is 25.1 Å². The average Bonchev–Trinajstić information content (AvgIpc) is 2.94. The van der Waals surface area contributed by atoms with Gasteiger partial charge in [0, 0.05) is 25.4 Å². The van der Waals surface area contributed by atoms with Gasteiger partial charge in [-0.2, -0.15) is 18.3 Å². The molecule has 0 saturated carbocycles. The van der Waals surface area contributed by atoms with Crippen molar-refractivity contribution >= 4 is 5.82 Å². The summed E-state index contributed by atoms with van der Waals surface area (Å²) in [7, 11) is 1.81. The second kappa shape index (κ2) is 5.52. The normalized spacial score (nSPS) is 22.4. The van der Waals surface area contributed by atoms with Crippen LogP contribution < -0.4 is 4.90 Å². The molecule has 3 heterocycles. The van der Waals surface area contributed by atoms with Gasteiger partial charge in [0.15, 0.2) is 0 Å². The molecule has 124 valence electrons. The van der Waals surface area contributed by atoms with E-state index < -0.39 is 17.5 Å². The van der Waals surface area contributed by atoms with Gasteiger partial charge in [0.05, 0.1) is 19.3 Å². The minimum atomic E-state index is -4.45. The Balaban J connectivity index is 1.87. The standard InChI is InChI=1S/C15H17F3N4O/c1-14(11-8-19-21(2)9-11)10-22(6-7-23-14)13-5-3-4-12(20-13)15(16,17)18/h3-5,8-9H,6-7,10H2,1-2H3. The van der Waals surface area contributed by atoms with Gasteiger partial charge in [0.1, 0.15) is 17.1 Å². The van der Waals surface area contributed by atoms with Crippen molar-refractivity contribution in [2.45, 2.75) is 18.7 Å². The van der Waals surface area contributed by atoms with Crippen LogP contribution in [0.4, 0.5) is 19.0 Å². The van der Waals surface area contributed by atoms with E-state index in [2.05, 4.69) is 10.1 Å². The van der Waals surface area contributed by atoms with Gasteiger partial charge in [-0.15, -0.1) is 0 Å². The van der Waals surface area contributed by atoms with Crippen LogP contribution in [0.25, 0.3) is 0 Å². The second-order valence-corrected chi connectivity index (χ2v) is 5.78. The molecule has 0 aromatic carbocycles. The molecule has 1 saturated heterocycles. The third-order valence-electron chi connectivity index (χ3n) is 3.94. The number of hydrogen-bond donors (Lipinski definition) is 0. The molecule has 1 fully saturated rings. The SMILES string of the molecule is Cn1cc(C2(C)CN(c3cccc(C(F)(F)F)n3)CCO2)cn1. The average molecular weight is 326 g/mol. The largest absolute Gasteiger partial charge is 0.433 e. The first-order chi connectivity index (χ1) is 10.8. The monoisotopic (exact) mass is 326 g/mol. The number of morpholine rings is 1.